The van der Waals surface area contributed by atoms with Crippen molar-refractivity contribution in [1.82, 2.24) is 4.98 Å². The number of ether oxygens (including phenoxy) is 1. The third kappa shape index (κ3) is 3.12. The van der Waals surface area contributed by atoms with Gasteiger partial charge in [-0.3, -0.25) is 0 Å². The van der Waals surface area contributed by atoms with Crippen molar-refractivity contribution in [1.29, 1.82) is 0 Å². The van der Waals surface area contributed by atoms with Crippen molar-refractivity contribution >= 4 is 5.84 Å². The van der Waals surface area contributed by atoms with Gasteiger partial charge in [0.1, 0.15) is 6.10 Å². The lowest BCUT2D eigenvalue weighted by Crippen LogP contribution is -2.20. The van der Waals surface area contributed by atoms with Crippen molar-refractivity contribution in [3.63, 3.8) is 0 Å². The highest BCUT2D eigenvalue weighted by Gasteiger charge is 2.17. The third-order valence-corrected chi connectivity index (χ3v) is 3.24. The molecule has 1 saturated carbocycles. The van der Waals surface area contributed by atoms with Crippen molar-refractivity contribution in [2.24, 2.45) is 10.9 Å². The zero-order valence-electron chi connectivity index (χ0n) is 10.4. The predicted octanol–water partition coefficient (Wildman–Crippen LogP) is 2.28. The lowest BCUT2D eigenvalue weighted by molar-refractivity contribution is 0.175. The predicted molar refractivity (Wildman–Crippen MR) is 68.9 cm³/mol. The summed E-state index contributed by atoms with van der Waals surface area (Å²) < 4.78 is 5.91. The standard InChI is InChI=1S/C13H19N3O2/c14-12(16-17)11-8-5-9-15-13(11)18-10-6-3-1-2-4-7-10/h5,8-10,17H,1-4,6-7H2,(H2,14,16). The Bertz CT molecular complexity index is 412. The van der Waals surface area contributed by atoms with E-state index in [1.807, 2.05) is 0 Å². The van der Waals surface area contributed by atoms with Crippen molar-refractivity contribution < 1.29 is 9.94 Å². The fourth-order valence-corrected chi connectivity index (χ4v) is 2.25. The molecule has 0 atom stereocenters. The molecular weight excluding hydrogens is 230 g/mol. The molecule has 5 heteroatoms. The number of pyridine rings is 1. The molecule has 3 N–H and O–H groups in total. The Kier molecular flexibility index (Phi) is 4.39. The molecule has 0 unspecified atom stereocenters. The molecule has 0 saturated heterocycles. The van der Waals surface area contributed by atoms with Gasteiger partial charge >= 0.3 is 0 Å². The fraction of sp³-hybridized carbons (Fsp3) is 0.538. The maximum absolute atomic E-state index is 8.74. The molecule has 0 aliphatic heterocycles. The number of amidine groups is 1. The lowest BCUT2D eigenvalue weighted by atomic mass is 10.1. The zero-order chi connectivity index (χ0) is 12.8. The van der Waals surface area contributed by atoms with Gasteiger partial charge in [0.05, 0.1) is 5.56 Å². The van der Waals surface area contributed by atoms with Gasteiger partial charge in [-0.2, -0.15) is 0 Å². The molecule has 2 rings (SSSR count). The van der Waals surface area contributed by atoms with Crippen LogP contribution in [-0.4, -0.2) is 22.1 Å². The van der Waals surface area contributed by atoms with E-state index in [2.05, 4.69) is 10.1 Å². The summed E-state index contributed by atoms with van der Waals surface area (Å²) in [7, 11) is 0. The van der Waals surface area contributed by atoms with E-state index in [1.165, 1.54) is 25.7 Å². The van der Waals surface area contributed by atoms with Crippen LogP contribution >= 0.6 is 0 Å². The average Bonchev–Trinajstić information content (AvgIpc) is 2.67. The van der Waals surface area contributed by atoms with E-state index in [9.17, 15) is 0 Å². The van der Waals surface area contributed by atoms with Crippen LogP contribution in [0.3, 0.4) is 0 Å². The van der Waals surface area contributed by atoms with Gasteiger partial charge < -0.3 is 15.7 Å². The minimum atomic E-state index is 0.0340. The largest absolute Gasteiger partial charge is 0.474 e. The Balaban J connectivity index is 2.12. The van der Waals surface area contributed by atoms with Crippen molar-refractivity contribution in [2.45, 2.75) is 44.6 Å². The first kappa shape index (κ1) is 12.7. The number of hydrogen-bond donors (Lipinski definition) is 2. The van der Waals surface area contributed by atoms with E-state index in [0.717, 1.165) is 12.8 Å². The maximum atomic E-state index is 8.74. The zero-order valence-corrected chi connectivity index (χ0v) is 10.4. The highest BCUT2D eigenvalue weighted by atomic mass is 16.5. The average molecular weight is 249 g/mol. The van der Waals surface area contributed by atoms with E-state index in [1.54, 1.807) is 18.3 Å². The second kappa shape index (κ2) is 6.23. The summed E-state index contributed by atoms with van der Waals surface area (Å²) in [5.41, 5.74) is 6.16. The number of nitrogens with zero attached hydrogens (tertiary/aromatic N) is 2. The van der Waals surface area contributed by atoms with Crippen LogP contribution in [0.15, 0.2) is 23.5 Å². The van der Waals surface area contributed by atoms with Crippen LogP contribution in [0.5, 0.6) is 5.88 Å². The Morgan fingerprint density at radius 3 is 2.72 bits per heavy atom. The summed E-state index contributed by atoms with van der Waals surface area (Å²) in [4.78, 5) is 4.18. The van der Waals surface area contributed by atoms with E-state index in [-0.39, 0.29) is 11.9 Å². The molecule has 1 aliphatic rings. The molecule has 1 aromatic heterocycles. The van der Waals surface area contributed by atoms with Crippen molar-refractivity contribution in [3.8, 4) is 5.88 Å². The summed E-state index contributed by atoms with van der Waals surface area (Å²) >= 11 is 0. The highest BCUT2D eigenvalue weighted by molar-refractivity contribution is 5.98. The van der Waals surface area contributed by atoms with Crippen LogP contribution in [0.1, 0.15) is 44.1 Å². The van der Waals surface area contributed by atoms with Crippen LogP contribution < -0.4 is 10.5 Å². The number of hydrogen-bond acceptors (Lipinski definition) is 4. The minimum absolute atomic E-state index is 0.0340. The van der Waals surface area contributed by atoms with Crippen LogP contribution in [0.25, 0.3) is 0 Å². The smallest absolute Gasteiger partial charge is 0.224 e. The van der Waals surface area contributed by atoms with E-state index < -0.39 is 0 Å². The van der Waals surface area contributed by atoms with E-state index in [0.29, 0.717) is 11.4 Å². The molecule has 0 aromatic carbocycles. The molecule has 0 spiro atoms. The van der Waals surface area contributed by atoms with Crippen LogP contribution in [0.4, 0.5) is 0 Å². The molecule has 0 radical (unpaired) electrons. The minimum Gasteiger partial charge on any atom is -0.474 e. The second-order valence-electron chi connectivity index (χ2n) is 4.57. The Morgan fingerprint density at radius 1 is 1.33 bits per heavy atom. The van der Waals surface area contributed by atoms with Gasteiger partial charge in [-0.1, -0.05) is 18.0 Å². The molecule has 0 bridgehead atoms. The van der Waals surface area contributed by atoms with Gasteiger partial charge in [-0.05, 0) is 37.8 Å². The summed E-state index contributed by atoms with van der Waals surface area (Å²) in [6, 6.07) is 3.49. The summed E-state index contributed by atoms with van der Waals surface area (Å²) in [6.07, 6.45) is 8.86. The monoisotopic (exact) mass is 249 g/mol. The van der Waals surface area contributed by atoms with Crippen LogP contribution in [0, 0.1) is 0 Å². The van der Waals surface area contributed by atoms with Crippen LogP contribution in [0.2, 0.25) is 0 Å². The van der Waals surface area contributed by atoms with Crippen LogP contribution in [-0.2, 0) is 0 Å². The Labute approximate surface area is 107 Å². The molecule has 1 heterocycles. The normalized spacial score (nSPS) is 18.3. The van der Waals surface area contributed by atoms with Gasteiger partial charge in [0, 0.05) is 6.20 Å². The molecule has 0 amide bonds. The molecule has 18 heavy (non-hydrogen) atoms. The summed E-state index contributed by atoms with van der Waals surface area (Å²) in [5.74, 6) is 0.492. The van der Waals surface area contributed by atoms with Crippen molar-refractivity contribution in [2.75, 3.05) is 0 Å². The first-order valence-electron chi connectivity index (χ1n) is 6.41. The summed E-state index contributed by atoms with van der Waals surface area (Å²) in [5, 5.41) is 11.7. The van der Waals surface area contributed by atoms with Gasteiger partial charge in [-0.15, -0.1) is 0 Å². The number of nitrogens with two attached hydrogens (primary N) is 1. The summed E-state index contributed by atoms with van der Waals surface area (Å²) in [6.45, 7) is 0. The number of aromatic nitrogens is 1. The first-order valence-corrected chi connectivity index (χ1v) is 6.41. The van der Waals surface area contributed by atoms with Gasteiger partial charge in [0.2, 0.25) is 5.88 Å². The molecule has 1 aliphatic carbocycles. The Morgan fingerprint density at radius 2 is 2.06 bits per heavy atom. The lowest BCUT2D eigenvalue weighted by Gasteiger charge is -2.17. The quantitative estimate of drug-likeness (QED) is 0.283. The molecule has 98 valence electrons. The first-order chi connectivity index (χ1) is 8.81. The van der Waals surface area contributed by atoms with Crippen molar-refractivity contribution in [3.05, 3.63) is 23.9 Å². The molecule has 1 fully saturated rings. The van der Waals surface area contributed by atoms with E-state index in [4.69, 9.17) is 15.7 Å². The highest BCUT2D eigenvalue weighted by Crippen LogP contribution is 2.23. The Hall–Kier alpha value is -1.78. The maximum Gasteiger partial charge on any atom is 0.224 e. The molecule has 5 nitrogen and oxygen atoms in total. The number of rotatable bonds is 3. The van der Waals surface area contributed by atoms with E-state index >= 15 is 0 Å². The van der Waals surface area contributed by atoms with Gasteiger partial charge in [0.15, 0.2) is 5.84 Å². The third-order valence-electron chi connectivity index (χ3n) is 3.24. The number of oxime groups is 1. The van der Waals surface area contributed by atoms with Gasteiger partial charge in [0.25, 0.3) is 0 Å². The molecule has 1 aromatic rings. The molecular formula is C13H19N3O2. The van der Waals surface area contributed by atoms with Gasteiger partial charge in [-0.25, -0.2) is 4.98 Å². The fourth-order valence-electron chi connectivity index (χ4n) is 2.25. The topological polar surface area (TPSA) is 80.7 Å². The second-order valence-corrected chi connectivity index (χ2v) is 4.57. The SMILES string of the molecule is N/C(=N/O)c1cccnc1OC1CCCCCC1.